The average molecular weight is 476 g/mol. The Bertz CT molecular complexity index is 1270. The number of ether oxygens (including phenoxy) is 2. The largest absolute Gasteiger partial charge is 0.497 e. The summed E-state index contributed by atoms with van der Waals surface area (Å²) in [5.74, 6) is 1.66. The van der Waals surface area contributed by atoms with Gasteiger partial charge in [-0.05, 0) is 59.7 Å². The van der Waals surface area contributed by atoms with Crippen molar-refractivity contribution < 1.29 is 9.47 Å². The number of rotatable bonds is 6. The molecule has 0 fully saturated rings. The van der Waals surface area contributed by atoms with Gasteiger partial charge in [-0.3, -0.25) is 0 Å². The van der Waals surface area contributed by atoms with Gasteiger partial charge in [-0.15, -0.1) is 11.3 Å². The molecule has 0 radical (unpaired) electrons. The molecule has 5 nitrogen and oxygen atoms in total. The quantitative estimate of drug-likeness (QED) is 0.306. The van der Waals surface area contributed by atoms with Crippen LogP contribution < -0.4 is 14.5 Å². The van der Waals surface area contributed by atoms with Crippen molar-refractivity contribution in [2.75, 3.05) is 19.2 Å². The predicted molar refractivity (Wildman–Crippen MR) is 135 cm³/mol. The van der Waals surface area contributed by atoms with Crippen molar-refractivity contribution in [1.29, 1.82) is 0 Å². The molecule has 0 saturated carbocycles. The highest BCUT2D eigenvalue weighted by molar-refractivity contribution is 7.14. The molecule has 2 heterocycles. The predicted octanol–water partition coefficient (Wildman–Crippen LogP) is 6.84. The summed E-state index contributed by atoms with van der Waals surface area (Å²) in [7, 11) is 3.34. The number of thiazole rings is 1. The first-order valence-electron chi connectivity index (χ1n) is 10.5. The Hall–Kier alpha value is -3.35. The summed E-state index contributed by atoms with van der Waals surface area (Å²) in [6, 6.07) is 23.9. The Kier molecular flexibility index (Phi) is 6.03. The molecule has 1 aromatic heterocycles. The van der Waals surface area contributed by atoms with Gasteiger partial charge in [0, 0.05) is 22.4 Å². The zero-order valence-corrected chi connectivity index (χ0v) is 19.8. The van der Waals surface area contributed by atoms with E-state index in [-0.39, 0.29) is 6.04 Å². The molecule has 1 unspecified atom stereocenters. The number of hydrogen-bond donors (Lipinski definition) is 0. The molecule has 0 saturated heterocycles. The molecule has 166 valence electrons. The molecule has 1 aliphatic heterocycles. The number of hydrazone groups is 1. The van der Waals surface area contributed by atoms with Gasteiger partial charge in [-0.1, -0.05) is 35.9 Å². The Morgan fingerprint density at radius 1 is 0.848 bits per heavy atom. The van der Waals surface area contributed by atoms with E-state index in [0.29, 0.717) is 5.02 Å². The fourth-order valence-corrected chi connectivity index (χ4v) is 4.81. The maximum Gasteiger partial charge on any atom is 0.207 e. The topological polar surface area (TPSA) is 47.0 Å². The molecule has 0 amide bonds. The van der Waals surface area contributed by atoms with Crippen molar-refractivity contribution in [3.63, 3.8) is 0 Å². The van der Waals surface area contributed by atoms with E-state index < -0.39 is 0 Å². The van der Waals surface area contributed by atoms with Gasteiger partial charge in [0.15, 0.2) is 0 Å². The highest BCUT2D eigenvalue weighted by atomic mass is 35.5. The molecule has 0 N–H and O–H groups in total. The summed E-state index contributed by atoms with van der Waals surface area (Å²) in [5, 5.41) is 10.7. The van der Waals surface area contributed by atoms with Gasteiger partial charge in [0.2, 0.25) is 5.13 Å². The summed E-state index contributed by atoms with van der Waals surface area (Å²) in [5.41, 5.74) is 5.19. The number of benzene rings is 3. The van der Waals surface area contributed by atoms with Gasteiger partial charge in [0.25, 0.3) is 0 Å². The highest BCUT2D eigenvalue weighted by Gasteiger charge is 2.31. The van der Waals surface area contributed by atoms with Crippen LogP contribution in [0.1, 0.15) is 23.6 Å². The molecule has 1 aliphatic rings. The first-order chi connectivity index (χ1) is 16.1. The molecule has 0 aliphatic carbocycles. The number of halogens is 1. The lowest BCUT2D eigenvalue weighted by Crippen LogP contribution is -2.18. The minimum Gasteiger partial charge on any atom is -0.497 e. The van der Waals surface area contributed by atoms with E-state index in [1.165, 1.54) is 0 Å². The van der Waals surface area contributed by atoms with Crippen LogP contribution in [0.2, 0.25) is 5.02 Å². The number of aromatic nitrogens is 1. The Morgan fingerprint density at radius 3 is 2.09 bits per heavy atom. The van der Waals surface area contributed by atoms with Crippen molar-refractivity contribution in [3.8, 4) is 22.8 Å². The molecule has 5 rings (SSSR count). The third-order valence-electron chi connectivity index (χ3n) is 5.66. The van der Waals surface area contributed by atoms with Crippen molar-refractivity contribution in [1.82, 2.24) is 4.98 Å². The molecule has 4 aromatic rings. The average Bonchev–Trinajstić information content (AvgIpc) is 3.52. The lowest BCUT2D eigenvalue weighted by atomic mass is 9.98. The maximum absolute atomic E-state index is 6.10. The molecule has 1 atom stereocenters. The monoisotopic (exact) mass is 475 g/mol. The van der Waals surface area contributed by atoms with Crippen LogP contribution >= 0.6 is 22.9 Å². The van der Waals surface area contributed by atoms with Gasteiger partial charge in [0.05, 0.1) is 31.7 Å². The van der Waals surface area contributed by atoms with E-state index in [2.05, 4.69) is 17.5 Å². The van der Waals surface area contributed by atoms with Gasteiger partial charge in [-0.25, -0.2) is 9.99 Å². The smallest absolute Gasteiger partial charge is 0.207 e. The second kappa shape index (κ2) is 9.25. The van der Waals surface area contributed by atoms with Crippen LogP contribution in [0.4, 0.5) is 5.13 Å². The van der Waals surface area contributed by atoms with E-state index in [1.54, 1.807) is 25.6 Å². The van der Waals surface area contributed by atoms with Crippen LogP contribution in [0.15, 0.2) is 83.3 Å². The molecule has 0 bridgehead atoms. The van der Waals surface area contributed by atoms with Gasteiger partial charge in [0.1, 0.15) is 11.5 Å². The van der Waals surface area contributed by atoms with Crippen LogP contribution in [0, 0.1) is 0 Å². The maximum atomic E-state index is 6.10. The fourth-order valence-electron chi connectivity index (χ4n) is 3.85. The van der Waals surface area contributed by atoms with Crippen LogP contribution in [-0.2, 0) is 0 Å². The van der Waals surface area contributed by atoms with Crippen molar-refractivity contribution >= 4 is 33.8 Å². The van der Waals surface area contributed by atoms with E-state index in [1.807, 2.05) is 65.7 Å². The van der Waals surface area contributed by atoms with E-state index in [9.17, 15) is 0 Å². The molecule has 0 spiro atoms. The summed E-state index contributed by atoms with van der Waals surface area (Å²) in [6.07, 6.45) is 0.769. The van der Waals surface area contributed by atoms with E-state index in [0.717, 1.165) is 51.1 Å². The summed E-state index contributed by atoms with van der Waals surface area (Å²) in [6.45, 7) is 0. The minimum atomic E-state index is 0.0384. The normalized spacial score (nSPS) is 15.4. The van der Waals surface area contributed by atoms with Gasteiger partial charge >= 0.3 is 0 Å². The number of hydrogen-bond acceptors (Lipinski definition) is 6. The number of methoxy groups -OCH3 is 2. The fraction of sp³-hybridized carbons (Fsp3) is 0.154. The minimum absolute atomic E-state index is 0.0384. The lowest BCUT2D eigenvalue weighted by Gasteiger charge is -2.21. The zero-order valence-electron chi connectivity index (χ0n) is 18.2. The summed E-state index contributed by atoms with van der Waals surface area (Å²) >= 11 is 7.69. The van der Waals surface area contributed by atoms with Crippen LogP contribution in [0.3, 0.4) is 0 Å². The Labute approximate surface area is 201 Å². The van der Waals surface area contributed by atoms with Gasteiger partial charge in [-0.2, -0.15) is 5.10 Å². The number of anilines is 1. The first kappa shape index (κ1) is 21.5. The lowest BCUT2D eigenvalue weighted by molar-refractivity contribution is 0.414. The number of nitrogens with zero attached hydrogens (tertiary/aromatic N) is 3. The summed E-state index contributed by atoms with van der Waals surface area (Å²) in [4.78, 5) is 4.92. The van der Waals surface area contributed by atoms with Crippen LogP contribution in [-0.4, -0.2) is 24.9 Å². The van der Waals surface area contributed by atoms with E-state index >= 15 is 0 Å². The highest BCUT2D eigenvalue weighted by Crippen LogP contribution is 2.40. The molecular weight excluding hydrogens is 454 g/mol. The molecule has 7 heteroatoms. The van der Waals surface area contributed by atoms with Crippen molar-refractivity contribution in [2.45, 2.75) is 12.5 Å². The van der Waals surface area contributed by atoms with Crippen molar-refractivity contribution in [3.05, 3.63) is 94.3 Å². The van der Waals surface area contributed by atoms with E-state index in [4.69, 9.17) is 31.2 Å². The SMILES string of the molecule is COc1ccc(-c2csc(N3N=C(c4ccc(Cl)cc4)CC3c3ccc(OC)cc3)n2)cc1. The first-order valence-corrected chi connectivity index (χ1v) is 11.8. The van der Waals surface area contributed by atoms with Crippen molar-refractivity contribution in [2.24, 2.45) is 5.10 Å². The second-order valence-electron chi connectivity index (χ2n) is 7.64. The zero-order chi connectivity index (χ0) is 22.8. The third-order valence-corrected chi connectivity index (χ3v) is 6.74. The Balaban J connectivity index is 1.50. The molecule has 33 heavy (non-hydrogen) atoms. The summed E-state index contributed by atoms with van der Waals surface area (Å²) < 4.78 is 10.6. The molecule has 3 aromatic carbocycles. The van der Waals surface area contributed by atoms with Crippen LogP contribution in [0.25, 0.3) is 11.3 Å². The Morgan fingerprint density at radius 2 is 1.45 bits per heavy atom. The standard InChI is InChI=1S/C26H22ClN3O2S/c1-31-21-11-5-18(6-12-21)24-16-33-26(28-24)30-25(19-7-13-22(32-2)14-8-19)15-23(29-30)17-3-9-20(27)10-4-17/h3-14,16,25H,15H2,1-2H3. The van der Waals surface area contributed by atoms with Gasteiger partial charge < -0.3 is 9.47 Å². The second-order valence-corrected chi connectivity index (χ2v) is 8.91. The molecular formula is C26H22ClN3O2S. The van der Waals surface area contributed by atoms with Crippen LogP contribution in [0.5, 0.6) is 11.5 Å². The third kappa shape index (κ3) is 4.45.